The smallest absolute Gasteiger partial charge is 0.266 e. The topological polar surface area (TPSA) is 51.0 Å². The lowest BCUT2D eigenvalue weighted by atomic mass is 10.0. The number of rotatable bonds is 4. The van der Waals surface area contributed by atoms with Crippen molar-refractivity contribution in [1.82, 2.24) is 19.7 Å². The third kappa shape index (κ3) is 3.93. The zero-order chi connectivity index (χ0) is 21.4. The van der Waals surface area contributed by atoms with Crippen LogP contribution < -0.4 is 0 Å². The summed E-state index contributed by atoms with van der Waals surface area (Å²) in [5.41, 5.74) is 6.67. The lowest BCUT2D eigenvalue weighted by Gasteiger charge is -2.33. The minimum absolute atomic E-state index is 0.116. The molecule has 1 amide bonds. The van der Waals surface area contributed by atoms with Crippen molar-refractivity contribution in [1.29, 1.82) is 0 Å². The average Bonchev–Trinajstić information content (AvgIpc) is 3.24. The van der Waals surface area contributed by atoms with Crippen LogP contribution in [-0.2, 0) is 6.42 Å². The van der Waals surface area contributed by atoms with Crippen molar-refractivity contribution in [3.63, 3.8) is 0 Å². The summed E-state index contributed by atoms with van der Waals surface area (Å²) in [7, 11) is 0. The quantitative estimate of drug-likeness (QED) is 0.583. The summed E-state index contributed by atoms with van der Waals surface area (Å²) >= 11 is 1.46. The summed E-state index contributed by atoms with van der Waals surface area (Å²) in [6.07, 6.45) is 4.21. The van der Waals surface area contributed by atoms with Crippen molar-refractivity contribution in [2.45, 2.75) is 66.3 Å². The van der Waals surface area contributed by atoms with Gasteiger partial charge in [0.1, 0.15) is 4.88 Å². The first-order chi connectivity index (χ1) is 14.3. The van der Waals surface area contributed by atoms with E-state index in [2.05, 4.69) is 52.0 Å². The summed E-state index contributed by atoms with van der Waals surface area (Å²) in [6.45, 7) is 11.2. The number of aryl methyl sites for hydroxylation is 3. The van der Waals surface area contributed by atoms with Crippen LogP contribution in [0.2, 0.25) is 0 Å². The van der Waals surface area contributed by atoms with Crippen molar-refractivity contribution in [3.05, 3.63) is 62.9 Å². The van der Waals surface area contributed by atoms with Crippen molar-refractivity contribution in [2.75, 3.05) is 6.54 Å². The molecule has 6 heteroatoms. The molecular weight excluding hydrogens is 392 g/mol. The highest BCUT2D eigenvalue weighted by Gasteiger charge is 2.28. The van der Waals surface area contributed by atoms with Gasteiger partial charge in [-0.3, -0.25) is 4.79 Å². The van der Waals surface area contributed by atoms with Gasteiger partial charge in [-0.1, -0.05) is 41.2 Å². The number of hydrogen-bond donors (Lipinski definition) is 0. The summed E-state index contributed by atoms with van der Waals surface area (Å²) < 4.78 is 1.91. The number of likely N-dealkylation sites (tertiary alicyclic amines) is 1. The molecule has 5 nitrogen and oxygen atoms in total. The Kier molecular flexibility index (Phi) is 5.78. The molecule has 0 aliphatic carbocycles. The first-order valence-electron chi connectivity index (χ1n) is 10.7. The average molecular weight is 423 g/mol. The van der Waals surface area contributed by atoms with Crippen LogP contribution in [0.5, 0.6) is 0 Å². The fourth-order valence-corrected chi connectivity index (χ4v) is 5.26. The van der Waals surface area contributed by atoms with E-state index < -0.39 is 0 Å². The van der Waals surface area contributed by atoms with E-state index in [-0.39, 0.29) is 5.91 Å². The molecule has 1 saturated heterocycles. The van der Waals surface area contributed by atoms with Gasteiger partial charge in [-0.05, 0) is 59.4 Å². The largest absolute Gasteiger partial charge is 0.335 e. The molecule has 2 aromatic heterocycles. The normalized spacial score (nSPS) is 16.8. The second-order valence-electron chi connectivity index (χ2n) is 8.48. The predicted molar refractivity (Wildman–Crippen MR) is 122 cm³/mol. The number of carbonyl (C=O) groups excluding carboxylic acids is 1. The van der Waals surface area contributed by atoms with Gasteiger partial charge >= 0.3 is 0 Å². The van der Waals surface area contributed by atoms with Gasteiger partial charge in [-0.25, -0.2) is 9.67 Å². The maximum absolute atomic E-state index is 13.2. The summed E-state index contributed by atoms with van der Waals surface area (Å²) in [4.78, 5) is 20.6. The van der Waals surface area contributed by atoms with E-state index in [1.807, 2.05) is 16.5 Å². The Hall–Kier alpha value is -2.47. The fraction of sp³-hybridized carbons (Fsp3) is 0.458. The highest BCUT2D eigenvalue weighted by molar-refractivity contribution is 7.16. The Labute approximate surface area is 182 Å². The lowest BCUT2D eigenvalue weighted by molar-refractivity contribution is 0.0639. The van der Waals surface area contributed by atoms with Crippen molar-refractivity contribution in [2.24, 2.45) is 0 Å². The van der Waals surface area contributed by atoms with Gasteiger partial charge in [0.15, 0.2) is 0 Å². The Balaban J connectivity index is 1.63. The molecule has 0 saturated carbocycles. The lowest BCUT2D eigenvalue weighted by Crippen LogP contribution is -2.41. The first-order valence-corrected chi connectivity index (χ1v) is 11.6. The molecule has 0 unspecified atom stereocenters. The molecule has 3 heterocycles. The van der Waals surface area contributed by atoms with E-state index in [1.54, 1.807) is 0 Å². The Morgan fingerprint density at radius 3 is 2.53 bits per heavy atom. The Morgan fingerprint density at radius 1 is 1.10 bits per heavy atom. The highest BCUT2D eigenvalue weighted by atomic mass is 32.1. The van der Waals surface area contributed by atoms with E-state index in [1.165, 1.54) is 34.4 Å². The monoisotopic (exact) mass is 422 g/mol. The number of hydrogen-bond acceptors (Lipinski definition) is 4. The number of amides is 1. The first kappa shape index (κ1) is 20.8. The standard InChI is InChI=1S/C24H30N4OS/c1-15-9-11-20(12-10-15)14-21-17(3)26-28(19(21)5)24-25-18(4)22(30-24)23(29)27-13-7-6-8-16(27)2/h9-12,16H,6-8,13-14H2,1-5H3/t16-/m1/s1. The molecule has 4 rings (SSSR count). The van der Waals surface area contributed by atoms with Gasteiger partial charge in [0.25, 0.3) is 5.91 Å². The van der Waals surface area contributed by atoms with E-state index in [0.717, 1.165) is 52.9 Å². The van der Waals surface area contributed by atoms with Crippen LogP contribution in [0.3, 0.4) is 0 Å². The minimum atomic E-state index is 0.116. The maximum Gasteiger partial charge on any atom is 0.266 e. The second kappa shape index (κ2) is 8.34. The SMILES string of the molecule is Cc1ccc(Cc2c(C)nn(-c3nc(C)c(C(=O)N4CCCC[C@H]4C)s3)c2C)cc1. The summed E-state index contributed by atoms with van der Waals surface area (Å²) in [5, 5.41) is 5.55. The van der Waals surface area contributed by atoms with Gasteiger partial charge in [0.2, 0.25) is 5.13 Å². The third-order valence-corrected chi connectivity index (χ3v) is 7.29. The number of nitrogens with zero attached hydrogens (tertiary/aromatic N) is 4. The van der Waals surface area contributed by atoms with Crippen LogP contribution in [0, 0.1) is 27.7 Å². The Bertz CT molecular complexity index is 1060. The number of benzene rings is 1. The summed E-state index contributed by atoms with van der Waals surface area (Å²) in [5.74, 6) is 0.116. The minimum Gasteiger partial charge on any atom is -0.335 e. The number of carbonyl (C=O) groups is 1. The molecule has 158 valence electrons. The predicted octanol–water partition coefficient (Wildman–Crippen LogP) is 5.17. The molecule has 1 aliphatic heterocycles. The van der Waals surface area contributed by atoms with E-state index >= 15 is 0 Å². The van der Waals surface area contributed by atoms with Gasteiger partial charge in [0, 0.05) is 30.3 Å². The number of thiazole rings is 1. The van der Waals surface area contributed by atoms with Crippen LogP contribution in [-0.4, -0.2) is 38.2 Å². The molecule has 0 N–H and O–H groups in total. The zero-order valence-corrected chi connectivity index (χ0v) is 19.3. The molecule has 1 atom stereocenters. The van der Waals surface area contributed by atoms with E-state index in [9.17, 15) is 4.79 Å². The molecule has 0 spiro atoms. The van der Waals surface area contributed by atoms with Gasteiger partial charge in [0.05, 0.1) is 11.4 Å². The van der Waals surface area contributed by atoms with Gasteiger partial charge in [-0.15, -0.1) is 0 Å². The fourth-order valence-electron chi connectivity index (χ4n) is 4.23. The molecule has 1 aromatic carbocycles. The third-order valence-electron chi connectivity index (χ3n) is 6.17. The maximum atomic E-state index is 13.2. The molecule has 30 heavy (non-hydrogen) atoms. The van der Waals surface area contributed by atoms with E-state index in [4.69, 9.17) is 10.1 Å². The molecule has 1 fully saturated rings. The van der Waals surface area contributed by atoms with Crippen LogP contribution in [0.25, 0.3) is 5.13 Å². The van der Waals surface area contributed by atoms with Crippen molar-refractivity contribution >= 4 is 17.2 Å². The van der Waals surface area contributed by atoms with Crippen LogP contribution in [0.15, 0.2) is 24.3 Å². The second-order valence-corrected chi connectivity index (χ2v) is 9.46. The number of piperidine rings is 1. The van der Waals surface area contributed by atoms with Crippen molar-refractivity contribution < 1.29 is 4.79 Å². The van der Waals surface area contributed by atoms with Crippen LogP contribution in [0.4, 0.5) is 0 Å². The number of aromatic nitrogens is 3. The van der Waals surface area contributed by atoms with E-state index in [0.29, 0.717) is 6.04 Å². The molecule has 0 bridgehead atoms. The van der Waals surface area contributed by atoms with Crippen LogP contribution in [0.1, 0.15) is 69.6 Å². The van der Waals surface area contributed by atoms with Crippen molar-refractivity contribution in [3.8, 4) is 5.13 Å². The highest BCUT2D eigenvalue weighted by Crippen LogP contribution is 2.28. The molecule has 1 aliphatic rings. The molecular formula is C24H30N4OS. The molecule has 3 aromatic rings. The molecule has 0 radical (unpaired) electrons. The van der Waals surface area contributed by atoms with Gasteiger partial charge in [-0.2, -0.15) is 5.10 Å². The van der Waals surface area contributed by atoms with Crippen LogP contribution >= 0.6 is 11.3 Å². The Morgan fingerprint density at radius 2 is 1.83 bits per heavy atom. The zero-order valence-electron chi connectivity index (χ0n) is 18.5. The van der Waals surface area contributed by atoms with Gasteiger partial charge < -0.3 is 4.90 Å². The summed E-state index contributed by atoms with van der Waals surface area (Å²) in [6, 6.07) is 8.94.